The number of hydrogen-bond acceptors (Lipinski definition) is 6. The van der Waals surface area contributed by atoms with Crippen LogP contribution in [-0.2, 0) is 33.2 Å². The van der Waals surface area contributed by atoms with Gasteiger partial charge in [-0.3, -0.25) is 9.59 Å². The van der Waals surface area contributed by atoms with Gasteiger partial charge in [0.1, 0.15) is 5.69 Å². The summed E-state index contributed by atoms with van der Waals surface area (Å²) >= 11 is 6.26. The van der Waals surface area contributed by atoms with Crippen molar-refractivity contribution in [3.8, 4) is 5.69 Å². The third-order valence-electron chi connectivity index (χ3n) is 7.88. The zero-order valence-corrected chi connectivity index (χ0v) is 27.8. The summed E-state index contributed by atoms with van der Waals surface area (Å²) < 4.78 is 13.0. The Morgan fingerprint density at radius 2 is 1.82 bits per heavy atom. The first-order valence-corrected chi connectivity index (χ1v) is 17.4. The highest BCUT2D eigenvalue weighted by molar-refractivity contribution is 7.96. The summed E-state index contributed by atoms with van der Waals surface area (Å²) in [7, 11) is 0.0812. The van der Waals surface area contributed by atoms with Gasteiger partial charge in [-0.15, -0.1) is 0 Å². The Morgan fingerprint density at radius 3 is 2.50 bits per heavy atom. The summed E-state index contributed by atoms with van der Waals surface area (Å²) in [4.78, 5) is 44.0. The molecule has 0 spiro atoms. The Labute approximate surface area is 266 Å². The van der Waals surface area contributed by atoms with E-state index in [-0.39, 0.29) is 51.6 Å². The van der Waals surface area contributed by atoms with Crippen molar-refractivity contribution in [2.24, 2.45) is 5.41 Å². The summed E-state index contributed by atoms with van der Waals surface area (Å²) in [6.45, 7) is 10.4. The maximum Gasteiger partial charge on any atom is 0.359 e. The second kappa shape index (κ2) is 12.9. The number of carbonyl (C=O) groups is 3. The standard InChI is InChI=1S/C33H40ClN4O5S/c1-7-42-31(41)27-25-14-16-37(30(40)28(25)38(35-27)24-10-8-9-22(34)19-24)23-12-11-21-13-15-36(29(39)26(21)20-23)17-18-43-32(44(5)6)33(2,3)4/h8-12,19-20,32H,7,13-18H2,1-6H3/q+1/t32-/m0/s1. The fourth-order valence-electron chi connectivity index (χ4n) is 6.02. The minimum absolute atomic E-state index is 0.0140. The van der Waals surface area contributed by atoms with Crippen molar-refractivity contribution in [3.63, 3.8) is 0 Å². The van der Waals surface area contributed by atoms with E-state index in [1.165, 1.54) is 4.68 Å². The van der Waals surface area contributed by atoms with Gasteiger partial charge < -0.3 is 19.3 Å². The number of amides is 2. The van der Waals surface area contributed by atoms with Gasteiger partial charge in [-0.2, -0.15) is 5.10 Å². The molecule has 2 amide bonds. The number of carbonyl (C=O) groups excluding carboxylic acids is 3. The van der Waals surface area contributed by atoms with Crippen molar-refractivity contribution >= 4 is 46.0 Å². The van der Waals surface area contributed by atoms with E-state index in [9.17, 15) is 14.4 Å². The molecule has 0 aliphatic carbocycles. The third kappa shape index (κ3) is 6.39. The monoisotopic (exact) mass is 639 g/mol. The highest BCUT2D eigenvalue weighted by atomic mass is 35.5. The van der Waals surface area contributed by atoms with E-state index in [1.54, 1.807) is 36.1 Å². The van der Waals surface area contributed by atoms with Crippen molar-refractivity contribution in [3.05, 3.63) is 75.6 Å². The van der Waals surface area contributed by atoms with Crippen molar-refractivity contribution in [2.75, 3.05) is 50.3 Å². The van der Waals surface area contributed by atoms with Crippen LogP contribution in [0.2, 0.25) is 5.02 Å². The molecule has 0 radical (unpaired) electrons. The van der Waals surface area contributed by atoms with E-state index in [1.807, 2.05) is 23.1 Å². The number of rotatable bonds is 9. The molecule has 9 nitrogen and oxygen atoms in total. The molecule has 1 atom stereocenters. The van der Waals surface area contributed by atoms with Crippen LogP contribution in [-0.4, -0.2) is 83.3 Å². The summed E-state index contributed by atoms with van der Waals surface area (Å²) in [6.07, 6.45) is 5.50. The Bertz CT molecular complexity index is 1580. The maximum atomic E-state index is 14.1. The van der Waals surface area contributed by atoms with Crippen LogP contribution in [0.15, 0.2) is 42.5 Å². The lowest BCUT2D eigenvalue weighted by molar-refractivity contribution is 0.0267. The van der Waals surface area contributed by atoms with E-state index in [4.69, 9.17) is 21.1 Å². The molecule has 0 saturated carbocycles. The SMILES string of the molecule is CCOC(=O)c1nn(-c2cccc(Cl)c2)c2c1CCN(c1ccc3c(c1)C(=O)N(CCO[C@@H]([S+](C)C)C(C)(C)C)CC3)C2=O. The molecular formula is C33H40ClN4O5S+. The van der Waals surface area contributed by atoms with Crippen molar-refractivity contribution < 1.29 is 23.9 Å². The van der Waals surface area contributed by atoms with Gasteiger partial charge in [-0.05, 0) is 55.7 Å². The van der Waals surface area contributed by atoms with Crippen LogP contribution < -0.4 is 4.90 Å². The van der Waals surface area contributed by atoms with E-state index in [0.29, 0.717) is 60.2 Å². The lowest BCUT2D eigenvalue weighted by atomic mass is 9.96. The van der Waals surface area contributed by atoms with Crippen LogP contribution in [0.3, 0.4) is 0 Å². The molecule has 1 aromatic heterocycles. The number of anilines is 1. The normalized spacial score (nSPS) is 15.8. The van der Waals surface area contributed by atoms with Gasteiger partial charge in [0.15, 0.2) is 5.69 Å². The van der Waals surface area contributed by atoms with Gasteiger partial charge in [0, 0.05) is 57.8 Å². The number of nitrogens with zero attached hydrogens (tertiary/aromatic N) is 4. The predicted molar refractivity (Wildman–Crippen MR) is 174 cm³/mol. The predicted octanol–water partition coefficient (Wildman–Crippen LogP) is 5.17. The molecular weight excluding hydrogens is 600 g/mol. The topological polar surface area (TPSA) is 94.0 Å². The number of fused-ring (bicyclic) bond motifs is 2. The van der Waals surface area contributed by atoms with E-state index in [2.05, 4.69) is 38.4 Å². The Hall–Kier alpha value is -3.34. The Kier molecular flexibility index (Phi) is 9.44. The van der Waals surface area contributed by atoms with Crippen LogP contribution in [0.5, 0.6) is 0 Å². The van der Waals surface area contributed by atoms with Crippen LogP contribution in [0, 0.1) is 5.41 Å². The van der Waals surface area contributed by atoms with Gasteiger partial charge in [-0.1, -0.05) is 44.5 Å². The van der Waals surface area contributed by atoms with Gasteiger partial charge in [0.05, 0.1) is 31.4 Å². The zero-order valence-electron chi connectivity index (χ0n) is 26.2. The van der Waals surface area contributed by atoms with Gasteiger partial charge in [-0.25, -0.2) is 9.48 Å². The first-order valence-electron chi connectivity index (χ1n) is 14.9. The number of aromatic nitrogens is 2. The lowest BCUT2D eigenvalue weighted by Crippen LogP contribution is -2.42. The molecule has 44 heavy (non-hydrogen) atoms. The maximum absolute atomic E-state index is 14.1. The number of halogens is 1. The zero-order chi connectivity index (χ0) is 31.8. The number of ether oxygens (including phenoxy) is 2. The molecule has 0 bridgehead atoms. The van der Waals surface area contributed by atoms with E-state index in [0.717, 1.165) is 12.0 Å². The fourth-order valence-corrected chi connectivity index (χ4v) is 7.98. The number of benzene rings is 2. The molecule has 0 unspecified atom stereocenters. The van der Waals surface area contributed by atoms with Gasteiger partial charge in [0.25, 0.3) is 11.8 Å². The smallest absolute Gasteiger partial charge is 0.359 e. The van der Waals surface area contributed by atoms with Crippen LogP contribution in [0.25, 0.3) is 5.69 Å². The van der Waals surface area contributed by atoms with E-state index >= 15 is 0 Å². The summed E-state index contributed by atoms with van der Waals surface area (Å²) in [5.74, 6) is -0.947. The van der Waals surface area contributed by atoms with Crippen LogP contribution in [0.1, 0.15) is 70.2 Å². The molecule has 2 aliphatic heterocycles. The van der Waals surface area contributed by atoms with E-state index < -0.39 is 5.97 Å². The minimum Gasteiger partial charge on any atom is -0.461 e. The molecule has 0 saturated heterocycles. The van der Waals surface area contributed by atoms with Crippen LogP contribution >= 0.6 is 11.6 Å². The third-order valence-corrected chi connectivity index (χ3v) is 9.81. The summed E-state index contributed by atoms with van der Waals surface area (Å²) in [5.41, 5.74) is 3.82. The Morgan fingerprint density at radius 1 is 1.05 bits per heavy atom. The summed E-state index contributed by atoms with van der Waals surface area (Å²) in [6, 6.07) is 12.6. The van der Waals surface area contributed by atoms with Gasteiger partial charge in [0.2, 0.25) is 5.44 Å². The van der Waals surface area contributed by atoms with Crippen molar-refractivity contribution in [1.29, 1.82) is 0 Å². The summed E-state index contributed by atoms with van der Waals surface area (Å²) in [5, 5.41) is 5.00. The first kappa shape index (κ1) is 32.1. The van der Waals surface area contributed by atoms with Gasteiger partial charge >= 0.3 is 5.97 Å². The molecule has 234 valence electrons. The first-order chi connectivity index (χ1) is 20.9. The Balaban J connectivity index is 1.41. The number of hydrogen-bond donors (Lipinski definition) is 0. The highest BCUT2D eigenvalue weighted by Crippen LogP contribution is 2.32. The second-order valence-corrected chi connectivity index (χ2v) is 15.0. The molecule has 0 fully saturated rings. The quantitative estimate of drug-likeness (QED) is 0.237. The average molecular weight is 640 g/mol. The number of esters is 1. The molecule has 3 heterocycles. The molecule has 3 aromatic rings. The largest absolute Gasteiger partial charge is 0.461 e. The molecule has 11 heteroatoms. The minimum atomic E-state index is -0.572. The fraction of sp³-hybridized carbons (Fsp3) is 0.455. The molecule has 0 N–H and O–H groups in total. The molecule has 2 aliphatic rings. The molecule has 2 aromatic carbocycles. The average Bonchev–Trinajstić information content (AvgIpc) is 3.37. The van der Waals surface area contributed by atoms with Crippen molar-refractivity contribution in [1.82, 2.24) is 14.7 Å². The molecule has 5 rings (SSSR count). The second-order valence-electron chi connectivity index (χ2n) is 12.3. The van der Waals surface area contributed by atoms with Crippen LogP contribution in [0.4, 0.5) is 5.69 Å². The lowest BCUT2D eigenvalue weighted by Gasteiger charge is -2.32. The van der Waals surface area contributed by atoms with Crippen molar-refractivity contribution in [2.45, 2.75) is 46.0 Å². The highest BCUT2D eigenvalue weighted by Gasteiger charge is 2.38.